The smallest absolute Gasteiger partial charge is 0.240 e. The zero-order valence-electron chi connectivity index (χ0n) is 8.89. The topological polar surface area (TPSA) is 64.4 Å². The van der Waals surface area contributed by atoms with E-state index in [1.54, 1.807) is 14.0 Å². The van der Waals surface area contributed by atoms with Crippen LogP contribution in [0.3, 0.4) is 0 Å². The van der Waals surface area contributed by atoms with E-state index in [4.69, 9.17) is 10.5 Å². The molecule has 3 N–H and O–H groups in total. The quantitative estimate of drug-likeness (QED) is 0.650. The molecule has 4 nitrogen and oxygen atoms in total. The fourth-order valence-corrected chi connectivity index (χ4v) is 0.841. The Balaban J connectivity index is 3.99. The summed E-state index contributed by atoms with van der Waals surface area (Å²) >= 11 is 0. The zero-order chi connectivity index (χ0) is 10.5. The van der Waals surface area contributed by atoms with Gasteiger partial charge in [-0.2, -0.15) is 0 Å². The first kappa shape index (κ1) is 12.4. The number of amides is 1. The van der Waals surface area contributed by atoms with E-state index in [2.05, 4.69) is 5.32 Å². The molecule has 0 aromatic rings. The molecule has 0 radical (unpaired) electrons. The third kappa shape index (κ3) is 4.24. The Morgan fingerprint density at radius 1 is 1.69 bits per heavy atom. The number of ether oxygens (including phenoxy) is 1. The number of carbonyl (C=O) groups is 1. The SMILES string of the molecule is CCC(C)(N)C(=O)NC(C)COC. The number of hydrogen-bond acceptors (Lipinski definition) is 3. The van der Waals surface area contributed by atoms with Gasteiger partial charge in [-0.15, -0.1) is 0 Å². The van der Waals surface area contributed by atoms with Crippen molar-refractivity contribution >= 4 is 5.91 Å². The molecule has 13 heavy (non-hydrogen) atoms. The minimum Gasteiger partial charge on any atom is -0.383 e. The molecule has 0 aromatic heterocycles. The summed E-state index contributed by atoms with van der Waals surface area (Å²) in [4.78, 5) is 11.5. The van der Waals surface area contributed by atoms with Crippen LogP contribution >= 0.6 is 0 Å². The summed E-state index contributed by atoms with van der Waals surface area (Å²) in [5.74, 6) is -0.125. The molecule has 2 unspecified atom stereocenters. The molecular weight excluding hydrogens is 168 g/mol. The number of nitrogens with two attached hydrogens (primary N) is 1. The van der Waals surface area contributed by atoms with Gasteiger partial charge in [-0.1, -0.05) is 6.92 Å². The lowest BCUT2D eigenvalue weighted by molar-refractivity contribution is -0.126. The molecule has 4 heteroatoms. The second-order valence-electron chi connectivity index (χ2n) is 3.60. The molecule has 0 saturated carbocycles. The standard InChI is InChI=1S/C9H20N2O2/c1-5-9(3,10)8(12)11-7(2)6-13-4/h7H,5-6,10H2,1-4H3,(H,11,12). The Morgan fingerprint density at radius 2 is 2.23 bits per heavy atom. The lowest BCUT2D eigenvalue weighted by Crippen LogP contribution is -2.54. The second-order valence-corrected chi connectivity index (χ2v) is 3.60. The Hall–Kier alpha value is -0.610. The number of methoxy groups -OCH3 is 1. The van der Waals surface area contributed by atoms with Crippen LogP contribution in [0, 0.1) is 0 Å². The van der Waals surface area contributed by atoms with Crippen molar-refractivity contribution in [2.24, 2.45) is 5.73 Å². The van der Waals surface area contributed by atoms with Gasteiger partial charge in [0, 0.05) is 13.2 Å². The normalized spacial score (nSPS) is 17.6. The molecule has 0 rings (SSSR count). The van der Waals surface area contributed by atoms with E-state index in [-0.39, 0.29) is 11.9 Å². The highest BCUT2D eigenvalue weighted by Crippen LogP contribution is 2.04. The Kier molecular flexibility index (Phi) is 4.95. The Bertz CT molecular complexity index is 169. The molecule has 2 atom stereocenters. The van der Waals surface area contributed by atoms with Crippen molar-refractivity contribution in [2.45, 2.75) is 38.8 Å². The first-order valence-electron chi connectivity index (χ1n) is 4.52. The number of hydrogen-bond donors (Lipinski definition) is 2. The summed E-state index contributed by atoms with van der Waals surface area (Å²) in [6.07, 6.45) is 0.624. The summed E-state index contributed by atoms with van der Waals surface area (Å²) in [7, 11) is 1.60. The Labute approximate surface area is 79.8 Å². The summed E-state index contributed by atoms with van der Waals surface area (Å²) in [6.45, 7) is 6.00. The molecule has 0 aromatic carbocycles. The van der Waals surface area contributed by atoms with Crippen LogP contribution in [0.4, 0.5) is 0 Å². The van der Waals surface area contributed by atoms with Crippen LogP contribution in [0.5, 0.6) is 0 Å². The number of nitrogens with one attached hydrogen (secondary N) is 1. The molecule has 1 amide bonds. The number of rotatable bonds is 5. The molecule has 0 saturated heterocycles. The third-order valence-electron chi connectivity index (χ3n) is 2.05. The monoisotopic (exact) mass is 188 g/mol. The van der Waals surface area contributed by atoms with Crippen molar-refractivity contribution in [1.82, 2.24) is 5.32 Å². The van der Waals surface area contributed by atoms with E-state index in [1.165, 1.54) is 0 Å². The van der Waals surface area contributed by atoms with Crippen LogP contribution < -0.4 is 11.1 Å². The van der Waals surface area contributed by atoms with Gasteiger partial charge in [0.25, 0.3) is 0 Å². The maximum atomic E-state index is 11.5. The van der Waals surface area contributed by atoms with Crippen molar-refractivity contribution in [3.05, 3.63) is 0 Å². The molecule has 0 fully saturated rings. The highest BCUT2D eigenvalue weighted by Gasteiger charge is 2.26. The van der Waals surface area contributed by atoms with Gasteiger partial charge in [0.1, 0.15) is 0 Å². The summed E-state index contributed by atoms with van der Waals surface area (Å²) < 4.78 is 4.90. The Morgan fingerprint density at radius 3 is 2.62 bits per heavy atom. The average molecular weight is 188 g/mol. The highest BCUT2D eigenvalue weighted by molar-refractivity contribution is 5.85. The lowest BCUT2D eigenvalue weighted by Gasteiger charge is -2.24. The molecule has 0 bridgehead atoms. The van der Waals surface area contributed by atoms with E-state index < -0.39 is 5.54 Å². The van der Waals surface area contributed by atoms with Crippen molar-refractivity contribution in [2.75, 3.05) is 13.7 Å². The van der Waals surface area contributed by atoms with Gasteiger partial charge >= 0.3 is 0 Å². The molecular formula is C9H20N2O2. The van der Waals surface area contributed by atoms with E-state index in [0.29, 0.717) is 13.0 Å². The van der Waals surface area contributed by atoms with Gasteiger partial charge in [-0.05, 0) is 20.3 Å². The maximum absolute atomic E-state index is 11.5. The summed E-state index contributed by atoms with van der Waals surface area (Å²) in [6, 6.07) is 0.00641. The zero-order valence-corrected chi connectivity index (χ0v) is 8.89. The first-order chi connectivity index (χ1) is 5.94. The van der Waals surface area contributed by atoms with Crippen LogP contribution in [0.25, 0.3) is 0 Å². The molecule has 78 valence electrons. The van der Waals surface area contributed by atoms with Crippen molar-refractivity contribution in [1.29, 1.82) is 0 Å². The second kappa shape index (κ2) is 5.19. The van der Waals surface area contributed by atoms with Gasteiger partial charge in [0.2, 0.25) is 5.91 Å². The summed E-state index contributed by atoms with van der Waals surface area (Å²) in [5, 5.41) is 2.78. The van der Waals surface area contributed by atoms with E-state index in [1.807, 2.05) is 13.8 Å². The molecule has 0 aliphatic heterocycles. The fraction of sp³-hybridized carbons (Fsp3) is 0.889. The number of carbonyl (C=O) groups excluding carboxylic acids is 1. The fourth-order valence-electron chi connectivity index (χ4n) is 0.841. The lowest BCUT2D eigenvalue weighted by atomic mass is 9.99. The van der Waals surface area contributed by atoms with E-state index in [0.717, 1.165) is 0 Å². The van der Waals surface area contributed by atoms with Gasteiger partial charge in [0.15, 0.2) is 0 Å². The highest BCUT2D eigenvalue weighted by atomic mass is 16.5. The molecule has 0 aliphatic carbocycles. The van der Waals surface area contributed by atoms with Crippen molar-refractivity contribution < 1.29 is 9.53 Å². The molecule has 0 heterocycles. The maximum Gasteiger partial charge on any atom is 0.240 e. The molecule has 0 spiro atoms. The van der Waals surface area contributed by atoms with E-state index in [9.17, 15) is 4.79 Å². The van der Waals surface area contributed by atoms with Crippen LogP contribution in [0.1, 0.15) is 27.2 Å². The van der Waals surface area contributed by atoms with Crippen molar-refractivity contribution in [3.8, 4) is 0 Å². The van der Waals surface area contributed by atoms with Crippen LogP contribution in [0.2, 0.25) is 0 Å². The molecule has 0 aliphatic rings. The summed E-state index contributed by atoms with van der Waals surface area (Å²) in [5.41, 5.74) is 4.98. The largest absolute Gasteiger partial charge is 0.383 e. The van der Waals surface area contributed by atoms with Crippen LogP contribution in [0.15, 0.2) is 0 Å². The van der Waals surface area contributed by atoms with Gasteiger partial charge in [-0.25, -0.2) is 0 Å². The van der Waals surface area contributed by atoms with Crippen LogP contribution in [-0.2, 0) is 9.53 Å². The van der Waals surface area contributed by atoms with Crippen molar-refractivity contribution in [3.63, 3.8) is 0 Å². The minimum atomic E-state index is -0.776. The minimum absolute atomic E-state index is 0.00641. The first-order valence-corrected chi connectivity index (χ1v) is 4.52. The van der Waals surface area contributed by atoms with Gasteiger partial charge < -0.3 is 15.8 Å². The predicted octanol–water partition coefficient (Wildman–Crippen LogP) is 0.265. The van der Waals surface area contributed by atoms with E-state index >= 15 is 0 Å². The van der Waals surface area contributed by atoms with Crippen LogP contribution in [-0.4, -0.2) is 31.2 Å². The van der Waals surface area contributed by atoms with Gasteiger partial charge in [-0.3, -0.25) is 4.79 Å². The predicted molar refractivity (Wildman–Crippen MR) is 52.4 cm³/mol. The third-order valence-corrected chi connectivity index (χ3v) is 2.05. The average Bonchev–Trinajstić information content (AvgIpc) is 2.04. The van der Waals surface area contributed by atoms with Gasteiger partial charge in [0.05, 0.1) is 12.1 Å².